The number of nitrogens with one attached hydrogen (secondary N) is 1. The quantitative estimate of drug-likeness (QED) is 0.937. The number of hydrogen-bond acceptors (Lipinski definition) is 4. The van der Waals surface area contributed by atoms with Crippen LogP contribution >= 0.6 is 0 Å². The minimum absolute atomic E-state index is 0.208. The number of amides is 1. The van der Waals surface area contributed by atoms with E-state index in [-0.39, 0.29) is 11.8 Å². The largest absolute Gasteiger partial charge is 0.342 e. The van der Waals surface area contributed by atoms with Crippen molar-refractivity contribution in [3.8, 4) is 0 Å². The molecule has 1 fully saturated rings. The summed E-state index contributed by atoms with van der Waals surface area (Å²) in [6.45, 7) is 7.47. The van der Waals surface area contributed by atoms with Crippen molar-refractivity contribution in [1.29, 1.82) is 0 Å². The van der Waals surface area contributed by atoms with Gasteiger partial charge in [0.2, 0.25) is 5.91 Å². The van der Waals surface area contributed by atoms with E-state index in [2.05, 4.69) is 20.2 Å². The summed E-state index contributed by atoms with van der Waals surface area (Å²) in [5.41, 5.74) is 4.19. The van der Waals surface area contributed by atoms with Gasteiger partial charge in [0.05, 0.1) is 5.69 Å². The lowest BCUT2D eigenvalue weighted by molar-refractivity contribution is -0.130. The molecule has 1 atom stereocenters. The summed E-state index contributed by atoms with van der Waals surface area (Å²) in [6, 6.07) is 1.90. The third-order valence-electron chi connectivity index (χ3n) is 4.59. The molecular formula is C17H23N5O. The zero-order chi connectivity index (χ0) is 16.4. The topological polar surface area (TPSA) is 74.8 Å². The lowest BCUT2D eigenvalue weighted by Gasteiger charge is -2.16. The Kier molecular flexibility index (Phi) is 4.41. The van der Waals surface area contributed by atoms with Gasteiger partial charge < -0.3 is 4.90 Å². The Hall–Kier alpha value is -2.24. The van der Waals surface area contributed by atoms with Crippen LogP contribution < -0.4 is 0 Å². The number of aromatic nitrogens is 4. The Balaban J connectivity index is 1.57. The van der Waals surface area contributed by atoms with Crippen molar-refractivity contribution in [2.45, 2.75) is 46.0 Å². The number of hydrogen-bond donors (Lipinski definition) is 1. The van der Waals surface area contributed by atoms with Crippen LogP contribution in [0.3, 0.4) is 0 Å². The van der Waals surface area contributed by atoms with Crippen LogP contribution in [-0.2, 0) is 11.2 Å². The van der Waals surface area contributed by atoms with Crippen molar-refractivity contribution in [3.63, 3.8) is 0 Å². The van der Waals surface area contributed by atoms with Gasteiger partial charge in [0, 0.05) is 43.0 Å². The van der Waals surface area contributed by atoms with E-state index < -0.39 is 0 Å². The second-order valence-electron chi connectivity index (χ2n) is 6.29. The molecule has 6 heteroatoms. The Bertz CT molecular complexity index is 689. The fourth-order valence-corrected chi connectivity index (χ4v) is 3.20. The number of H-pyrrole nitrogens is 1. The van der Waals surface area contributed by atoms with Crippen molar-refractivity contribution in [3.05, 3.63) is 40.7 Å². The van der Waals surface area contributed by atoms with Crippen LogP contribution in [0, 0.1) is 20.8 Å². The molecule has 2 aromatic heterocycles. The molecule has 1 aliphatic rings. The average molecular weight is 313 g/mol. The van der Waals surface area contributed by atoms with Crippen LogP contribution in [0.15, 0.2) is 12.3 Å². The zero-order valence-corrected chi connectivity index (χ0v) is 14.0. The highest BCUT2D eigenvalue weighted by atomic mass is 16.2. The fraction of sp³-hybridized carbons (Fsp3) is 0.529. The van der Waals surface area contributed by atoms with Gasteiger partial charge in [-0.15, -0.1) is 0 Å². The fourth-order valence-electron chi connectivity index (χ4n) is 3.20. The number of rotatable bonds is 4. The van der Waals surface area contributed by atoms with Crippen molar-refractivity contribution in [1.82, 2.24) is 25.1 Å². The molecule has 6 nitrogen and oxygen atoms in total. The third kappa shape index (κ3) is 3.41. The summed E-state index contributed by atoms with van der Waals surface area (Å²) in [6.07, 6.45) is 4.02. The number of likely N-dealkylation sites (tertiary alicyclic amines) is 1. The smallest absolute Gasteiger partial charge is 0.222 e. The van der Waals surface area contributed by atoms with Gasteiger partial charge in [0.15, 0.2) is 0 Å². The summed E-state index contributed by atoms with van der Waals surface area (Å²) >= 11 is 0. The monoisotopic (exact) mass is 313 g/mol. The van der Waals surface area contributed by atoms with Gasteiger partial charge >= 0.3 is 0 Å². The number of nitrogens with zero attached hydrogens (tertiary/aromatic N) is 4. The van der Waals surface area contributed by atoms with E-state index in [0.717, 1.165) is 54.4 Å². The molecular weight excluding hydrogens is 290 g/mol. The molecule has 122 valence electrons. The van der Waals surface area contributed by atoms with Crippen LogP contribution in [0.25, 0.3) is 0 Å². The number of carbonyl (C=O) groups is 1. The second-order valence-corrected chi connectivity index (χ2v) is 6.29. The Morgan fingerprint density at radius 3 is 2.91 bits per heavy atom. The predicted molar refractivity (Wildman–Crippen MR) is 87.1 cm³/mol. The highest BCUT2D eigenvalue weighted by molar-refractivity contribution is 5.77. The SMILES string of the molecule is Cc1ccnc(C2CCN(C(=O)CCc3c(C)n[nH]c3C)C2)n1. The molecule has 3 heterocycles. The normalized spacial score (nSPS) is 17.7. The molecule has 23 heavy (non-hydrogen) atoms. The van der Waals surface area contributed by atoms with Crippen molar-refractivity contribution >= 4 is 5.91 Å². The van der Waals surface area contributed by atoms with E-state index in [1.165, 1.54) is 0 Å². The second kappa shape index (κ2) is 6.48. The Labute approximate surface area is 136 Å². The molecule has 1 unspecified atom stereocenters. The van der Waals surface area contributed by atoms with Crippen LogP contribution in [0.2, 0.25) is 0 Å². The van der Waals surface area contributed by atoms with Crippen molar-refractivity contribution in [2.24, 2.45) is 0 Å². The maximum absolute atomic E-state index is 12.5. The maximum Gasteiger partial charge on any atom is 0.222 e. The maximum atomic E-state index is 12.5. The van der Waals surface area contributed by atoms with Crippen LogP contribution in [0.1, 0.15) is 47.2 Å². The minimum Gasteiger partial charge on any atom is -0.342 e. The number of carbonyl (C=O) groups excluding carboxylic acids is 1. The molecule has 1 saturated heterocycles. The van der Waals surface area contributed by atoms with E-state index in [1.807, 2.05) is 31.7 Å². The zero-order valence-electron chi connectivity index (χ0n) is 14.0. The van der Waals surface area contributed by atoms with E-state index in [1.54, 1.807) is 6.20 Å². The first-order chi connectivity index (χ1) is 11.0. The van der Waals surface area contributed by atoms with Crippen LogP contribution in [0.4, 0.5) is 0 Å². The number of aromatic amines is 1. The molecule has 0 radical (unpaired) electrons. The minimum atomic E-state index is 0.208. The molecule has 2 aromatic rings. The summed E-state index contributed by atoms with van der Waals surface area (Å²) < 4.78 is 0. The van der Waals surface area contributed by atoms with Crippen LogP contribution in [0.5, 0.6) is 0 Å². The predicted octanol–water partition coefficient (Wildman–Crippen LogP) is 2.07. The first-order valence-electron chi connectivity index (χ1n) is 8.12. The van der Waals surface area contributed by atoms with Gasteiger partial charge in [-0.05, 0) is 45.2 Å². The molecule has 1 amide bonds. The van der Waals surface area contributed by atoms with Gasteiger partial charge in [0.25, 0.3) is 0 Å². The van der Waals surface area contributed by atoms with Gasteiger partial charge in [-0.25, -0.2) is 9.97 Å². The van der Waals surface area contributed by atoms with Gasteiger partial charge in [-0.2, -0.15) is 5.10 Å². The van der Waals surface area contributed by atoms with Gasteiger partial charge in [-0.1, -0.05) is 0 Å². The van der Waals surface area contributed by atoms with Crippen molar-refractivity contribution < 1.29 is 4.79 Å². The molecule has 0 spiro atoms. The summed E-state index contributed by atoms with van der Waals surface area (Å²) in [7, 11) is 0. The van der Waals surface area contributed by atoms with E-state index in [4.69, 9.17) is 0 Å². The molecule has 1 aliphatic heterocycles. The van der Waals surface area contributed by atoms with E-state index in [9.17, 15) is 4.79 Å². The third-order valence-corrected chi connectivity index (χ3v) is 4.59. The van der Waals surface area contributed by atoms with Crippen LogP contribution in [-0.4, -0.2) is 44.1 Å². The summed E-state index contributed by atoms with van der Waals surface area (Å²) in [5, 5.41) is 7.16. The molecule has 0 saturated carbocycles. The lowest BCUT2D eigenvalue weighted by Crippen LogP contribution is -2.28. The Morgan fingerprint density at radius 2 is 2.22 bits per heavy atom. The molecule has 3 rings (SSSR count). The molecule has 0 bridgehead atoms. The average Bonchev–Trinajstić information content (AvgIpc) is 3.13. The molecule has 1 N–H and O–H groups in total. The lowest BCUT2D eigenvalue weighted by atomic mass is 10.1. The number of aryl methyl sites for hydroxylation is 3. The highest BCUT2D eigenvalue weighted by Crippen LogP contribution is 2.25. The van der Waals surface area contributed by atoms with Gasteiger partial charge in [0.1, 0.15) is 5.82 Å². The molecule has 0 aliphatic carbocycles. The van der Waals surface area contributed by atoms with Crippen molar-refractivity contribution in [2.75, 3.05) is 13.1 Å². The Morgan fingerprint density at radius 1 is 1.39 bits per heavy atom. The highest BCUT2D eigenvalue weighted by Gasteiger charge is 2.29. The first-order valence-corrected chi connectivity index (χ1v) is 8.12. The molecule has 0 aromatic carbocycles. The van der Waals surface area contributed by atoms with Gasteiger partial charge in [-0.3, -0.25) is 9.89 Å². The van der Waals surface area contributed by atoms with E-state index >= 15 is 0 Å². The summed E-state index contributed by atoms with van der Waals surface area (Å²) in [4.78, 5) is 23.3. The van der Waals surface area contributed by atoms with E-state index in [0.29, 0.717) is 6.42 Å². The summed E-state index contributed by atoms with van der Waals surface area (Å²) in [5.74, 6) is 1.33. The first kappa shape index (κ1) is 15.6. The standard InChI is InChI=1S/C17H23N5O/c1-11-6-8-18-17(19-11)14-7-9-22(10-14)16(23)5-4-15-12(2)20-21-13(15)3/h6,8,14H,4-5,7,9-10H2,1-3H3,(H,20,21).